The van der Waals surface area contributed by atoms with E-state index >= 15 is 0 Å². The van der Waals surface area contributed by atoms with Gasteiger partial charge >= 0.3 is 0 Å². The zero-order valence-corrected chi connectivity index (χ0v) is 13.6. The molecule has 1 saturated carbocycles. The van der Waals surface area contributed by atoms with Crippen LogP contribution in [0, 0.1) is 16.7 Å². The van der Waals surface area contributed by atoms with Gasteiger partial charge in [-0.1, -0.05) is 48.0 Å². The van der Waals surface area contributed by atoms with Crippen LogP contribution in [0.1, 0.15) is 86.5 Å². The van der Waals surface area contributed by atoms with Gasteiger partial charge < -0.3 is 5.73 Å². The molecule has 1 rings (SSSR count). The molecule has 0 saturated heterocycles. The van der Waals surface area contributed by atoms with Gasteiger partial charge in [-0.2, -0.15) is 0 Å². The standard InChI is InChI=1S/C17H35N/c1-15(2,3)12-13-17(18)10-7-8-14(9-11-17)16(4,5)6/h14H,7-13,18H2,1-6H3. The molecule has 0 radical (unpaired) electrons. The molecule has 0 amide bonds. The first-order chi connectivity index (χ1) is 8.02. The lowest BCUT2D eigenvalue weighted by Gasteiger charge is -2.33. The van der Waals surface area contributed by atoms with Crippen LogP contribution in [0.25, 0.3) is 0 Å². The fourth-order valence-corrected chi connectivity index (χ4v) is 3.17. The van der Waals surface area contributed by atoms with Crippen molar-refractivity contribution in [1.29, 1.82) is 0 Å². The summed E-state index contributed by atoms with van der Waals surface area (Å²) < 4.78 is 0. The maximum absolute atomic E-state index is 6.67. The molecule has 0 heterocycles. The minimum absolute atomic E-state index is 0.118. The molecular weight excluding hydrogens is 218 g/mol. The Balaban J connectivity index is 2.55. The number of hydrogen-bond acceptors (Lipinski definition) is 1. The molecule has 1 heteroatoms. The van der Waals surface area contributed by atoms with Crippen LogP contribution in [0.2, 0.25) is 0 Å². The van der Waals surface area contributed by atoms with Crippen LogP contribution in [0.3, 0.4) is 0 Å². The summed E-state index contributed by atoms with van der Waals surface area (Å²) in [6.07, 6.45) is 8.93. The Morgan fingerprint density at radius 2 is 1.61 bits per heavy atom. The van der Waals surface area contributed by atoms with E-state index in [4.69, 9.17) is 5.73 Å². The van der Waals surface area contributed by atoms with Gasteiger partial charge in [-0.15, -0.1) is 0 Å². The highest BCUT2D eigenvalue weighted by atomic mass is 14.7. The van der Waals surface area contributed by atoms with E-state index in [1.54, 1.807) is 0 Å². The van der Waals surface area contributed by atoms with Crippen LogP contribution in [0.15, 0.2) is 0 Å². The van der Waals surface area contributed by atoms with E-state index in [9.17, 15) is 0 Å². The largest absolute Gasteiger partial charge is 0.325 e. The fourth-order valence-electron chi connectivity index (χ4n) is 3.17. The molecule has 2 atom stereocenters. The summed E-state index contributed by atoms with van der Waals surface area (Å²) in [5.74, 6) is 0.859. The van der Waals surface area contributed by atoms with Gasteiger partial charge in [-0.25, -0.2) is 0 Å². The first-order valence-corrected chi connectivity index (χ1v) is 7.81. The van der Waals surface area contributed by atoms with Gasteiger partial charge in [-0.3, -0.25) is 0 Å². The summed E-state index contributed by atoms with van der Waals surface area (Å²) in [5.41, 5.74) is 7.66. The van der Waals surface area contributed by atoms with Gasteiger partial charge in [0.05, 0.1) is 0 Å². The van der Waals surface area contributed by atoms with E-state index in [2.05, 4.69) is 41.5 Å². The van der Waals surface area contributed by atoms with Crippen molar-refractivity contribution in [3.63, 3.8) is 0 Å². The first kappa shape index (κ1) is 16.0. The van der Waals surface area contributed by atoms with E-state index in [1.165, 1.54) is 44.9 Å². The van der Waals surface area contributed by atoms with Crippen molar-refractivity contribution in [1.82, 2.24) is 0 Å². The van der Waals surface area contributed by atoms with E-state index in [0.29, 0.717) is 10.8 Å². The van der Waals surface area contributed by atoms with Crippen LogP contribution >= 0.6 is 0 Å². The summed E-state index contributed by atoms with van der Waals surface area (Å²) in [6, 6.07) is 0. The van der Waals surface area contributed by atoms with Crippen LogP contribution in [-0.4, -0.2) is 5.54 Å². The number of nitrogens with two attached hydrogens (primary N) is 1. The second kappa shape index (κ2) is 5.53. The van der Waals surface area contributed by atoms with Crippen molar-refractivity contribution in [3.8, 4) is 0 Å². The lowest BCUT2D eigenvalue weighted by Crippen LogP contribution is -2.40. The highest BCUT2D eigenvalue weighted by Crippen LogP contribution is 2.41. The molecule has 0 aromatic carbocycles. The minimum atomic E-state index is 0.118. The van der Waals surface area contributed by atoms with Crippen molar-refractivity contribution in [2.45, 2.75) is 92.0 Å². The molecule has 0 aromatic heterocycles. The molecule has 1 nitrogen and oxygen atoms in total. The lowest BCUT2D eigenvalue weighted by atomic mass is 9.75. The van der Waals surface area contributed by atoms with Gasteiger partial charge in [0.15, 0.2) is 0 Å². The molecule has 1 fully saturated rings. The van der Waals surface area contributed by atoms with Crippen LogP contribution in [-0.2, 0) is 0 Å². The maximum Gasteiger partial charge on any atom is 0.0154 e. The smallest absolute Gasteiger partial charge is 0.0154 e. The third-order valence-corrected chi connectivity index (χ3v) is 4.82. The molecular formula is C17H35N. The summed E-state index contributed by atoms with van der Waals surface area (Å²) in [7, 11) is 0. The maximum atomic E-state index is 6.67. The Labute approximate surface area is 115 Å². The SMILES string of the molecule is CC(C)(C)CCC1(N)CCCC(C(C)(C)C)CC1. The zero-order valence-electron chi connectivity index (χ0n) is 13.6. The van der Waals surface area contributed by atoms with Crippen LogP contribution < -0.4 is 5.73 Å². The van der Waals surface area contributed by atoms with Crippen molar-refractivity contribution >= 4 is 0 Å². The van der Waals surface area contributed by atoms with Gasteiger partial charge in [-0.05, 0) is 55.3 Å². The monoisotopic (exact) mass is 253 g/mol. The normalized spacial score (nSPS) is 31.2. The third kappa shape index (κ3) is 5.30. The highest BCUT2D eigenvalue weighted by molar-refractivity contribution is 4.91. The number of hydrogen-bond donors (Lipinski definition) is 1. The van der Waals surface area contributed by atoms with Gasteiger partial charge in [0, 0.05) is 5.54 Å². The summed E-state index contributed by atoms with van der Waals surface area (Å²) in [5, 5.41) is 0. The van der Waals surface area contributed by atoms with E-state index < -0.39 is 0 Å². The Kier molecular flexibility index (Phi) is 4.92. The van der Waals surface area contributed by atoms with Crippen molar-refractivity contribution in [3.05, 3.63) is 0 Å². The van der Waals surface area contributed by atoms with Crippen molar-refractivity contribution in [2.24, 2.45) is 22.5 Å². The van der Waals surface area contributed by atoms with Gasteiger partial charge in [0.1, 0.15) is 0 Å². The lowest BCUT2D eigenvalue weighted by molar-refractivity contribution is 0.206. The fraction of sp³-hybridized carbons (Fsp3) is 1.00. The van der Waals surface area contributed by atoms with Crippen molar-refractivity contribution < 1.29 is 0 Å². The first-order valence-electron chi connectivity index (χ1n) is 7.81. The van der Waals surface area contributed by atoms with E-state index in [1.807, 2.05) is 0 Å². The minimum Gasteiger partial charge on any atom is -0.325 e. The topological polar surface area (TPSA) is 26.0 Å². The molecule has 0 bridgehead atoms. The Morgan fingerprint density at radius 3 is 2.11 bits per heavy atom. The third-order valence-electron chi connectivity index (χ3n) is 4.82. The predicted molar refractivity (Wildman–Crippen MR) is 81.6 cm³/mol. The molecule has 0 spiro atoms. The molecule has 0 aliphatic heterocycles. The molecule has 2 unspecified atom stereocenters. The number of rotatable bonds is 2. The Hall–Kier alpha value is -0.0400. The molecule has 18 heavy (non-hydrogen) atoms. The predicted octanol–water partition coefficient (Wildman–Crippen LogP) is 5.14. The van der Waals surface area contributed by atoms with Crippen LogP contribution in [0.4, 0.5) is 0 Å². The second-order valence-electron chi connectivity index (χ2n) is 8.92. The second-order valence-corrected chi connectivity index (χ2v) is 8.92. The average molecular weight is 253 g/mol. The average Bonchev–Trinajstić information content (AvgIpc) is 2.36. The van der Waals surface area contributed by atoms with Crippen molar-refractivity contribution in [2.75, 3.05) is 0 Å². The summed E-state index contributed by atoms with van der Waals surface area (Å²) in [6.45, 7) is 14.1. The van der Waals surface area contributed by atoms with Crippen LogP contribution in [0.5, 0.6) is 0 Å². The van der Waals surface area contributed by atoms with Gasteiger partial charge in [0.25, 0.3) is 0 Å². The highest BCUT2D eigenvalue weighted by Gasteiger charge is 2.34. The molecule has 2 N–H and O–H groups in total. The Morgan fingerprint density at radius 1 is 1.00 bits per heavy atom. The molecule has 1 aliphatic carbocycles. The quantitative estimate of drug-likeness (QED) is 0.678. The summed E-state index contributed by atoms with van der Waals surface area (Å²) in [4.78, 5) is 0. The van der Waals surface area contributed by atoms with E-state index in [-0.39, 0.29) is 5.54 Å². The summed E-state index contributed by atoms with van der Waals surface area (Å²) >= 11 is 0. The Bertz CT molecular complexity index is 256. The molecule has 108 valence electrons. The van der Waals surface area contributed by atoms with E-state index in [0.717, 1.165) is 5.92 Å². The zero-order chi connectivity index (χ0) is 14.0. The van der Waals surface area contributed by atoms with Gasteiger partial charge in [0.2, 0.25) is 0 Å². The molecule has 1 aliphatic rings. The molecule has 0 aromatic rings.